The molecule has 0 aromatic heterocycles. The molecule has 0 unspecified atom stereocenters. The molecule has 2 aliphatic rings. The molecule has 2 saturated heterocycles. The van der Waals surface area contributed by atoms with Crippen molar-refractivity contribution in [3.63, 3.8) is 0 Å². The van der Waals surface area contributed by atoms with Crippen LogP contribution in [0.2, 0.25) is 0 Å². The van der Waals surface area contributed by atoms with Crippen molar-refractivity contribution in [1.82, 2.24) is 14.7 Å². The van der Waals surface area contributed by atoms with Gasteiger partial charge in [0.25, 0.3) is 5.91 Å². The lowest BCUT2D eigenvalue weighted by Crippen LogP contribution is -2.59. The van der Waals surface area contributed by atoms with E-state index in [2.05, 4.69) is 16.8 Å². The third kappa shape index (κ3) is 4.34. The van der Waals surface area contributed by atoms with E-state index in [-0.39, 0.29) is 17.8 Å². The second kappa shape index (κ2) is 8.61. The van der Waals surface area contributed by atoms with Gasteiger partial charge in [-0.25, -0.2) is 4.39 Å². The minimum absolute atomic E-state index is 0.0824. The molecule has 2 aliphatic heterocycles. The minimum atomic E-state index is -0.534. The summed E-state index contributed by atoms with van der Waals surface area (Å²) in [5.41, 5.74) is 1.83. The van der Waals surface area contributed by atoms with Gasteiger partial charge >= 0.3 is 0 Å². The quantitative estimate of drug-likeness (QED) is 0.864. The number of β-amino-alcohol motifs (C(OH)–C–C–N with tert-alkyl or cyclic N) is 1. The van der Waals surface area contributed by atoms with Crippen molar-refractivity contribution in [2.45, 2.75) is 18.6 Å². The smallest absolute Gasteiger partial charge is 0.253 e. The molecule has 0 bridgehead atoms. The number of hydrogen-bond donors (Lipinski definition) is 1. The summed E-state index contributed by atoms with van der Waals surface area (Å²) in [6.45, 7) is 4.95. The van der Waals surface area contributed by atoms with E-state index in [0.717, 1.165) is 38.2 Å². The van der Waals surface area contributed by atoms with E-state index < -0.39 is 6.10 Å². The molecule has 4 rings (SSSR count). The maximum absolute atomic E-state index is 14.0. The van der Waals surface area contributed by atoms with Gasteiger partial charge in [-0.3, -0.25) is 9.69 Å². The van der Waals surface area contributed by atoms with Gasteiger partial charge < -0.3 is 14.9 Å². The first-order valence-electron chi connectivity index (χ1n) is 10.3. The monoisotopic (exact) mass is 397 g/mol. The molecule has 6 heteroatoms. The Morgan fingerprint density at radius 1 is 1.00 bits per heavy atom. The Kier molecular flexibility index (Phi) is 5.94. The van der Waals surface area contributed by atoms with E-state index in [1.807, 2.05) is 0 Å². The fourth-order valence-electron chi connectivity index (χ4n) is 4.35. The van der Waals surface area contributed by atoms with Crippen LogP contribution in [-0.2, 0) is 0 Å². The molecule has 29 heavy (non-hydrogen) atoms. The number of halogens is 1. The molecule has 0 spiro atoms. The van der Waals surface area contributed by atoms with Crippen LogP contribution in [0.15, 0.2) is 48.5 Å². The Hall–Kier alpha value is -2.28. The van der Waals surface area contributed by atoms with Crippen molar-refractivity contribution in [3.05, 3.63) is 59.9 Å². The number of piperidine rings is 1. The summed E-state index contributed by atoms with van der Waals surface area (Å²) in [7, 11) is 2.12. The van der Waals surface area contributed by atoms with Crippen LogP contribution >= 0.6 is 0 Å². The predicted octanol–water partition coefficient (Wildman–Crippen LogP) is 2.32. The SMILES string of the molecule is CN1CCN([C@@H]2CCN(C(=O)c3ccc(-c4ccccc4F)cc3)C[C@H]2O)CC1. The number of hydrogen-bond acceptors (Lipinski definition) is 4. The van der Waals surface area contributed by atoms with Crippen LogP contribution in [0, 0.1) is 5.82 Å². The molecule has 1 amide bonds. The standard InChI is InChI=1S/C23H28FN3O2/c1-25-12-14-26(15-13-25)21-10-11-27(16-22(21)28)23(29)18-8-6-17(7-9-18)19-4-2-3-5-20(19)24/h2-9,21-22,28H,10-16H2,1H3/t21-,22-/m1/s1. The molecular formula is C23H28FN3O2. The molecule has 5 nitrogen and oxygen atoms in total. The van der Waals surface area contributed by atoms with Crippen molar-refractivity contribution in [2.75, 3.05) is 46.3 Å². The molecule has 2 atom stereocenters. The number of piperazine rings is 1. The van der Waals surface area contributed by atoms with Crippen LogP contribution in [0.4, 0.5) is 4.39 Å². The molecule has 154 valence electrons. The second-order valence-electron chi connectivity index (χ2n) is 8.07. The van der Waals surface area contributed by atoms with E-state index >= 15 is 0 Å². The number of amides is 1. The third-order valence-electron chi connectivity index (χ3n) is 6.16. The molecule has 0 radical (unpaired) electrons. The van der Waals surface area contributed by atoms with Gasteiger partial charge in [-0.2, -0.15) is 0 Å². The van der Waals surface area contributed by atoms with Crippen molar-refractivity contribution in [1.29, 1.82) is 0 Å². The normalized spacial score (nSPS) is 23.9. The highest BCUT2D eigenvalue weighted by molar-refractivity contribution is 5.94. The number of likely N-dealkylation sites (tertiary alicyclic amines) is 1. The number of aliphatic hydroxyl groups is 1. The van der Waals surface area contributed by atoms with E-state index in [1.165, 1.54) is 6.07 Å². The number of nitrogens with zero attached hydrogens (tertiary/aromatic N) is 3. The van der Waals surface area contributed by atoms with E-state index in [9.17, 15) is 14.3 Å². The molecule has 1 N–H and O–H groups in total. The van der Waals surface area contributed by atoms with Crippen LogP contribution in [0.1, 0.15) is 16.8 Å². The Morgan fingerprint density at radius 3 is 2.34 bits per heavy atom. The van der Waals surface area contributed by atoms with Gasteiger partial charge in [-0.1, -0.05) is 30.3 Å². The largest absolute Gasteiger partial charge is 0.390 e. The number of rotatable bonds is 3. The third-order valence-corrected chi connectivity index (χ3v) is 6.16. The minimum Gasteiger partial charge on any atom is -0.390 e. The number of carbonyl (C=O) groups is 1. The van der Waals surface area contributed by atoms with Crippen LogP contribution in [0.3, 0.4) is 0 Å². The van der Waals surface area contributed by atoms with Gasteiger partial charge in [0.1, 0.15) is 5.82 Å². The zero-order chi connectivity index (χ0) is 20.4. The zero-order valence-corrected chi connectivity index (χ0v) is 16.8. The summed E-state index contributed by atoms with van der Waals surface area (Å²) in [6.07, 6.45) is 0.248. The summed E-state index contributed by atoms with van der Waals surface area (Å²) in [5, 5.41) is 10.7. The molecule has 0 saturated carbocycles. The fourth-order valence-corrected chi connectivity index (χ4v) is 4.35. The predicted molar refractivity (Wildman–Crippen MR) is 111 cm³/mol. The highest BCUT2D eigenvalue weighted by atomic mass is 19.1. The van der Waals surface area contributed by atoms with E-state index in [0.29, 0.717) is 24.2 Å². The van der Waals surface area contributed by atoms with Crippen molar-refractivity contribution in [3.8, 4) is 11.1 Å². The second-order valence-corrected chi connectivity index (χ2v) is 8.07. The summed E-state index contributed by atoms with van der Waals surface area (Å²) in [5.74, 6) is -0.360. The Balaban J connectivity index is 1.40. The summed E-state index contributed by atoms with van der Waals surface area (Å²) in [4.78, 5) is 19.3. The van der Waals surface area contributed by atoms with E-state index in [1.54, 1.807) is 47.4 Å². The Bertz CT molecular complexity index is 849. The molecule has 2 fully saturated rings. The first-order valence-corrected chi connectivity index (χ1v) is 10.3. The number of aliphatic hydroxyl groups excluding tert-OH is 1. The zero-order valence-electron chi connectivity index (χ0n) is 16.8. The lowest BCUT2D eigenvalue weighted by Gasteiger charge is -2.44. The highest BCUT2D eigenvalue weighted by Gasteiger charge is 2.35. The number of benzene rings is 2. The molecule has 2 aromatic rings. The maximum atomic E-state index is 14.0. The lowest BCUT2D eigenvalue weighted by molar-refractivity contribution is -0.0219. The first-order chi connectivity index (χ1) is 14.0. The van der Waals surface area contributed by atoms with E-state index in [4.69, 9.17) is 0 Å². The van der Waals surface area contributed by atoms with Gasteiger partial charge in [0.2, 0.25) is 0 Å². The van der Waals surface area contributed by atoms with Gasteiger partial charge in [-0.15, -0.1) is 0 Å². The van der Waals surface area contributed by atoms with Crippen molar-refractivity contribution < 1.29 is 14.3 Å². The van der Waals surface area contributed by atoms with Gasteiger partial charge in [0.15, 0.2) is 0 Å². The Labute approximate surface area is 171 Å². The highest BCUT2D eigenvalue weighted by Crippen LogP contribution is 2.24. The topological polar surface area (TPSA) is 47.0 Å². The van der Waals surface area contributed by atoms with Gasteiger partial charge in [-0.05, 0) is 37.2 Å². The first kappa shape index (κ1) is 20.0. The number of carbonyl (C=O) groups excluding carboxylic acids is 1. The fraction of sp³-hybridized carbons (Fsp3) is 0.435. The number of likely N-dealkylation sites (N-methyl/N-ethyl adjacent to an activating group) is 1. The summed E-state index contributed by atoms with van der Waals surface area (Å²) >= 11 is 0. The average Bonchev–Trinajstić information content (AvgIpc) is 2.74. The molecular weight excluding hydrogens is 369 g/mol. The lowest BCUT2D eigenvalue weighted by atomic mass is 9.98. The van der Waals surface area contributed by atoms with Crippen LogP contribution < -0.4 is 0 Å². The van der Waals surface area contributed by atoms with Gasteiger partial charge in [0.05, 0.1) is 6.10 Å². The van der Waals surface area contributed by atoms with Gasteiger partial charge in [0, 0.05) is 56.4 Å². The summed E-state index contributed by atoms with van der Waals surface area (Å²) < 4.78 is 14.0. The molecule has 0 aliphatic carbocycles. The van der Waals surface area contributed by atoms with Crippen molar-refractivity contribution >= 4 is 5.91 Å². The molecule has 2 heterocycles. The maximum Gasteiger partial charge on any atom is 0.253 e. The van der Waals surface area contributed by atoms with Crippen molar-refractivity contribution in [2.24, 2.45) is 0 Å². The average molecular weight is 397 g/mol. The Morgan fingerprint density at radius 2 is 1.69 bits per heavy atom. The van der Waals surface area contributed by atoms with Crippen LogP contribution in [-0.4, -0.2) is 84.2 Å². The molecule has 2 aromatic carbocycles. The van der Waals surface area contributed by atoms with Crippen LogP contribution in [0.5, 0.6) is 0 Å². The summed E-state index contributed by atoms with van der Waals surface area (Å²) in [6, 6.07) is 13.8. The van der Waals surface area contributed by atoms with Crippen LogP contribution in [0.25, 0.3) is 11.1 Å².